The standard InChI is InChI=1S/C14H16BrNO2/c1-11(9-16-10-14-3-2-8-17-14)18-13-6-4-12(15)5-7-13/h2-8,11,16H,9-10H2,1H3. The number of ether oxygens (including phenoxy) is 1. The van der Waals surface area contributed by atoms with Crippen molar-refractivity contribution < 1.29 is 9.15 Å². The molecule has 2 rings (SSSR count). The number of furan rings is 1. The summed E-state index contributed by atoms with van der Waals surface area (Å²) in [4.78, 5) is 0. The van der Waals surface area contributed by atoms with Crippen LogP contribution in [0.5, 0.6) is 5.75 Å². The maximum Gasteiger partial charge on any atom is 0.119 e. The SMILES string of the molecule is CC(CNCc1ccco1)Oc1ccc(Br)cc1. The highest BCUT2D eigenvalue weighted by Gasteiger charge is 2.04. The fraction of sp³-hybridized carbons (Fsp3) is 0.286. The average Bonchev–Trinajstić information content (AvgIpc) is 2.85. The van der Waals surface area contributed by atoms with Gasteiger partial charge in [-0.25, -0.2) is 0 Å². The lowest BCUT2D eigenvalue weighted by atomic mass is 10.3. The van der Waals surface area contributed by atoms with Crippen LogP contribution in [0.15, 0.2) is 51.6 Å². The molecule has 1 atom stereocenters. The molecule has 1 N–H and O–H groups in total. The van der Waals surface area contributed by atoms with E-state index in [4.69, 9.17) is 9.15 Å². The second-order valence-electron chi connectivity index (χ2n) is 4.09. The molecule has 1 aromatic carbocycles. The molecule has 0 bridgehead atoms. The molecule has 3 nitrogen and oxygen atoms in total. The third-order valence-electron chi connectivity index (χ3n) is 2.46. The molecule has 4 heteroatoms. The molecule has 0 aliphatic rings. The third-order valence-corrected chi connectivity index (χ3v) is 2.99. The van der Waals surface area contributed by atoms with E-state index in [1.54, 1.807) is 6.26 Å². The summed E-state index contributed by atoms with van der Waals surface area (Å²) in [5.41, 5.74) is 0. The Morgan fingerprint density at radius 3 is 2.72 bits per heavy atom. The Balaban J connectivity index is 1.71. The minimum atomic E-state index is 0.112. The number of halogens is 1. The number of benzene rings is 1. The summed E-state index contributed by atoms with van der Waals surface area (Å²) in [5.74, 6) is 1.82. The van der Waals surface area contributed by atoms with Crippen LogP contribution in [0.4, 0.5) is 0 Å². The zero-order chi connectivity index (χ0) is 12.8. The van der Waals surface area contributed by atoms with Gasteiger partial charge < -0.3 is 14.5 Å². The molecule has 0 saturated carbocycles. The molecule has 0 fully saturated rings. The van der Waals surface area contributed by atoms with Crippen molar-refractivity contribution in [3.63, 3.8) is 0 Å². The molecule has 1 unspecified atom stereocenters. The predicted molar refractivity (Wildman–Crippen MR) is 74.6 cm³/mol. The minimum Gasteiger partial charge on any atom is -0.489 e. The van der Waals surface area contributed by atoms with E-state index in [0.29, 0.717) is 0 Å². The van der Waals surface area contributed by atoms with Crippen LogP contribution in [0, 0.1) is 0 Å². The smallest absolute Gasteiger partial charge is 0.119 e. The summed E-state index contributed by atoms with van der Waals surface area (Å²) >= 11 is 3.40. The monoisotopic (exact) mass is 309 g/mol. The van der Waals surface area contributed by atoms with Gasteiger partial charge in [-0.2, -0.15) is 0 Å². The molecular weight excluding hydrogens is 294 g/mol. The van der Waals surface area contributed by atoms with E-state index in [9.17, 15) is 0 Å². The van der Waals surface area contributed by atoms with Crippen molar-refractivity contribution in [3.05, 3.63) is 52.9 Å². The Bertz CT molecular complexity index is 453. The first-order valence-corrected chi connectivity index (χ1v) is 6.68. The lowest BCUT2D eigenvalue weighted by Crippen LogP contribution is -2.28. The number of rotatable bonds is 6. The largest absolute Gasteiger partial charge is 0.489 e. The van der Waals surface area contributed by atoms with E-state index in [1.807, 2.05) is 43.3 Å². The van der Waals surface area contributed by atoms with Crippen molar-refractivity contribution in [1.29, 1.82) is 0 Å². The molecule has 0 amide bonds. The van der Waals surface area contributed by atoms with Crippen LogP contribution in [0.3, 0.4) is 0 Å². The van der Waals surface area contributed by atoms with Crippen LogP contribution in [-0.2, 0) is 6.54 Å². The van der Waals surface area contributed by atoms with Gasteiger partial charge in [0.25, 0.3) is 0 Å². The van der Waals surface area contributed by atoms with Crippen molar-refractivity contribution in [1.82, 2.24) is 5.32 Å². The molecule has 96 valence electrons. The van der Waals surface area contributed by atoms with Gasteiger partial charge >= 0.3 is 0 Å². The topological polar surface area (TPSA) is 34.4 Å². The zero-order valence-corrected chi connectivity index (χ0v) is 11.8. The van der Waals surface area contributed by atoms with E-state index >= 15 is 0 Å². The maximum absolute atomic E-state index is 5.77. The van der Waals surface area contributed by atoms with Gasteiger partial charge in [0.1, 0.15) is 17.6 Å². The van der Waals surface area contributed by atoms with E-state index in [1.165, 1.54) is 0 Å². The van der Waals surface area contributed by atoms with Crippen LogP contribution < -0.4 is 10.1 Å². The predicted octanol–water partition coefficient (Wildman–Crippen LogP) is 3.60. The van der Waals surface area contributed by atoms with Crippen LogP contribution in [0.1, 0.15) is 12.7 Å². The first kappa shape index (κ1) is 13.2. The second kappa shape index (κ2) is 6.61. The zero-order valence-electron chi connectivity index (χ0n) is 10.2. The van der Waals surface area contributed by atoms with Crippen molar-refractivity contribution in [2.45, 2.75) is 19.6 Å². The van der Waals surface area contributed by atoms with Gasteiger partial charge in [-0.1, -0.05) is 15.9 Å². The molecule has 2 aromatic rings. The van der Waals surface area contributed by atoms with Gasteiger partial charge in [-0.3, -0.25) is 0 Å². The highest BCUT2D eigenvalue weighted by atomic mass is 79.9. The van der Waals surface area contributed by atoms with Gasteiger partial charge in [0.2, 0.25) is 0 Å². The Morgan fingerprint density at radius 1 is 1.28 bits per heavy atom. The fourth-order valence-corrected chi connectivity index (χ4v) is 1.86. The number of hydrogen-bond donors (Lipinski definition) is 1. The van der Waals surface area contributed by atoms with Gasteiger partial charge in [-0.05, 0) is 43.3 Å². The summed E-state index contributed by atoms with van der Waals surface area (Å²) < 4.78 is 12.1. The Hall–Kier alpha value is -1.26. The first-order valence-electron chi connectivity index (χ1n) is 5.89. The molecule has 0 aliphatic carbocycles. The van der Waals surface area contributed by atoms with Gasteiger partial charge in [0, 0.05) is 11.0 Å². The lowest BCUT2D eigenvalue weighted by Gasteiger charge is -2.15. The fourth-order valence-electron chi connectivity index (χ4n) is 1.60. The maximum atomic E-state index is 5.77. The quantitative estimate of drug-likeness (QED) is 0.885. The van der Waals surface area contributed by atoms with Gasteiger partial charge in [0.05, 0.1) is 12.8 Å². The first-order chi connectivity index (χ1) is 8.74. The second-order valence-corrected chi connectivity index (χ2v) is 5.01. The molecular formula is C14H16BrNO2. The van der Waals surface area contributed by atoms with Crippen LogP contribution >= 0.6 is 15.9 Å². The summed E-state index contributed by atoms with van der Waals surface area (Å²) in [6, 6.07) is 11.7. The average molecular weight is 310 g/mol. The summed E-state index contributed by atoms with van der Waals surface area (Å²) in [7, 11) is 0. The highest BCUT2D eigenvalue weighted by Crippen LogP contribution is 2.17. The van der Waals surface area contributed by atoms with Crippen molar-refractivity contribution >= 4 is 15.9 Å². The molecule has 18 heavy (non-hydrogen) atoms. The van der Waals surface area contributed by atoms with E-state index in [0.717, 1.165) is 29.1 Å². The lowest BCUT2D eigenvalue weighted by molar-refractivity contribution is 0.215. The normalized spacial score (nSPS) is 12.3. The van der Waals surface area contributed by atoms with Crippen LogP contribution in [-0.4, -0.2) is 12.6 Å². The molecule has 0 radical (unpaired) electrons. The van der Waals surface area contributed by atoms with E-state index < -0.39 is 0 Å². The Labute approximate surface area is 115 Å². The Kier molecular flexibility index (Phi) is 4.84. The van der Waals surface area contributed by atoms with Crippen molar-refractivity contribution in [3.8, 4) is 5.75 Å². The van der Waals surface area contributed by atoms with E-state index in [2.05, 4.69) is 21.2 Å². The Morgan fingerprint density at radius 2 is 2.06 bits per heavy atom. The molecule has 0 aliphatic heterocycles. The third kappa shape index (κ3) is 4.20. The molecule has 0 saturated heterocycles. The summed E-state index contributed by atoms with van der Waals surface area (Å²) in [6.45, 7) is 3.54. The van der Waals surface area contributed by atoms with Crippen molar-refractivity contribution in [2.24, 2.45) is 0 Å². The van der Waals surface area contributed by atoms with Crippen molar-refractivity contribution in [2.75, 3.05) is 6.54 Å². The van der Waals surface area contributed by atoms with Crippen LogP contribution in [0.25, 0.3) is 0 Å². The summed E-state index contributed by atoms with van der Waals surface area (Å²) in [5, 5.41) is 3.29. The number of nitrogens with one attached hydrogen (secondary N) is 1. The summed E-state index contributed by atoms with van der Waals surface area (Å²) in [6.07, 6.45) is 1.79. The molecule has 0 spiro atoms. The van der Waals surface area contributed by atoms with E-state index in [-0.39, 0.29) is 6.10 Å². The van der Waals surface area contributed by atoms with Gasteiger partial charge in [-0.15, -0.1) is 0 Å². The molecule has 1 heterocycles. The minimum absolute atomic E-state index is 0.112. The van der Waals surface area contributed by atoms with Crippen LogP contribution in [0.2, 0.25) is 0 Å². The molecule has 1 aromatic heterocycles. The highest BCUT2D eigenvalue weighted by molar-refractivity contribution is 9.10. The van der Waals surface area contributed by atoms with Gasteiger partial charge in [0.15, 0.2) is 0 Å². The number of hydrogen-bond acceptors (Lipinski definition) is 3.